The Hall–Kier alpha value is -2.06. The minimum atomic E-state index is -4.07. The van der Waals surface area contributed by atoms with Crippen LogP contribution in [0.5, 0.6) is 5.75 Å². The fourth-order valence-corrected chi connectivity index (χ4v) is 6.54. The number of sulfonamides is 1. The lowest BCUT2D eigenvalue weighted by Crippen LogP contribution is -2.42. The van der Waals surface area contributed by atoms with Gasteiger partial charge in [-0.15, -0.1) is 11.3 Å². The minimum absolute atomic E-state index is 0.0576. The van der Waals surface area contributed by atoms with Gasteiger partial charge in [-0.05, 0) is 51.3 Å². The van der Waals surface area contributed by atoms with Crippen LogP contribution in [0, 0.1) is 0 Å². The Morgan fingerprint density at radius 3 is 2.52 bits per heavy atom. The summed E-state index contributed by atoms with van der Waals surface area (Å²) in [5.74, 6) is -0.899. The predicted octanol–water partition coefficient (Wildman–Crippen LogP) is 2.11. The van der Waals surface area contributed by atoms with Crippen molar-refractivity contribution >= 4 is 60.8 Å². The topological polar surface area (TPSA) is 166 Å². The lowest BCUT2D eigenvalue weighted by molar-refractivity contribution is -0.138. The molecule has 1 heterocycles. The van der Waals surface area contributed by atoms with Crippen LogP contribution in [0.25, 0.3) is 0 Å². The molecule has 2 rings (SSSR count). The summed E-state index contributed by atoms with van der Waals surface area (Å²) in [6.45, 7) is 0.636. The van der Waals surface area contributed by atoms with Gasteiger partial charge in [-0.1, -0.05) is 23.7 Å². The second-order valence-electron chi connectivity index (χ2n) is 6.10. The van der Waals surface area contributed by atoms with E-state index >= 15 is 0 Å². The molecular weight excluding hydrogens is 536 g/mol. The Balaban J connectivity index is 1.94. The van der Waals surface area contributed by atoms with E-state index in [2.05, 4.69) is 25.8 Å². The second-order valence-corrected chi connectivity index (χ2v) is 10.5. The highest BCUT2D eigenvalue weighted by molar-refractivity contribution is 9.10. The van der Waals surface area contributed by atoms with Gasteiger partial charge >= 0.3 is 5.97 Å². The first-order valence-electron chi connectivity index (χ1n) is 8.71. The third kappa shape index (κ3) is 8.18. The lowest BCUT2D eigenvalue weighted by atomic mass is 10.1. The molecule has 2 aromatic rings. The molecule has 1 aromatic carbocycles. The number of hydrogen-bond acceptors (Lipinski definition) is 7. The van der Waals surface area contributed by atoms with Crippen molar-refractivity contribution in [2.24, 2.45) is 16.6 Å². The normalized spacial score (nSPS) is 12.2. The van der Waals surface area contributed by atoms with Crippen LogP contribution < -0.4 is 20.9 Å². The molecule has 0 aliphatic heterocycles. The van der Waals surface area contributed by atoms with Crippen LogP contribution in [0.3, 0.4) is 0 Å². The summed E-state index contributed by atoms with van der Waals surface area (Å²) in [6, 6.07) is 6.71. The number of carbonyl (C=O) groups is 1. The highest BCUT2D eigenvalue weighted by Gasteiger charge is 2.28. The predicted molar refractivity (Wildman–Crippen MR) is 121 cm³/mol. The summed E-state index contributed by atoms with van der Waals surface area (Å²) in [4.78, 5) is 16.5. The molecule has 0 radical (unpaired) electrons. The van der Waals surface area contributed by atoms with E-state index in [1.807, 2.05) is 0 Å². The van der Waals surface area contributed by atoms with Crippen LogP contribution in [-0.2, 0) is 26.1 Å². The Labute approximate surface area is 196 Å². The number of nitrogens with two attached hydrogens (primary N) is 2. The molecule has 0 saturated heterocycles. The fourth-order valence-electron chi connectivity index (χ4n) is 2.32. The average molecular weight is 556 g/mol. The molecule has 1 atom stereocenters. The van der Waals surface area contributed by atoms with E-state index in [4.69, 9.17) is 32.6 Å². The van der Waals surface area contributed by atoms with Crippen LogP contribution in [0.4, 0.5) is 0 Å². The summed E-state index contributed by atoms with van der Waals surface area (Å²) >= 11 is 9.78. The number of carboxylic acid groups (broad SMARTS) is 1. The summed E-state index contributed by atoms with van der Waals surface area (Å²) < 4.78 is 33.3. The van der Waals surface area contributed by atoms with Gasteiger partial charge in [-0.3, -0.25) is 4.79 Å². The molecule has 10 nitrogen and oxygen atoms in total. The molecule has 6 N–H and O–H groups in total. The maximum Gasteiger partial charge on any atom is 0.322 e. The number of guanidine groups is 1. The molecule has 14 heteroatoms. The molecular formula is C17H20BrClN4O6S2. The van der Waals surface area contributed by atoms with E-state index in [-0.39, 0.29) is 32.0 Å². The van der Waals surface area contributed by atoms with E-state index in [0.717, 1.165) is 11.3 Å². The zero-order valence-corrected chi connectivity index (χ0v) is 19.9. The number of halogens is 2. The van der Waals surface area contributed by atoms with Crippen molar-refractivity contribution in [2.75, 3.05) is 13.2 Å². The van der Waals surface area contributed by atoms with E-state index in [1.165, 1.54) is 6.07 Å². The molecule has 170 valence electrons. The summed E-state index contributed by atoms with van der Waals surface area (Å²) in [5.41, 5.74) is 10.9. The SMILES string of the molecule is NC(N)=NOCCCOc1ccc(CC(NS(=O)(=O)c2sc(Cl)cc2Br)C(=O)O)cc1. The Morgan fingerprint density at radius 1 is 1.29 bits per heavy atom. The van der Waals surface area contributed by atoms with Gasteiger partial charge in [0.2, 0.25) is 5.96 Å². The van der Waals surface area contributed by atoms with E-state index in [1.54, 1.807) is 24.3 Å². The third-order valence-corrected chi connectivity index (χ3v) is 8.07. The Morgan fingerprint density at radius 2 is 1.97 bits per heavy atom. The number of rotatable bonds is 12. The van der Waals surface area contributed by atoms with Gasteiger partial charge in [0.05, 0.1) is 15.4 Å². The second kappa shape index (κ2) is 11.5. The molecule has 0 spiro atoms. The van der Waals surface area contributed by atoms with E-state index in [0.29, 0.717) is 24.3 Å². The van der Waals surface area contributed by atoms with Crippen molar-refractivity contribution in [2.45, 2.75) is 23.1 Å². The molecule has 0 aliphatic rings. The summed E-state index contributed by atoms with van der Waals surface area (Å²) in [6.07, 6.45) is 0.488. The molecule has 1 unspecified atom stereocenters. The van der Waals surface area contributed by atoms with Crippen LogP contribution in [0.1, 0.15) is 12.0 Å². The van der Waals surface area contributed by atoms with Crippen LogP contribution in [0.2, 0.25) is 4.34 Å². The van der Waals surface area contributed by atoms with Crippen molar-refractivity contribution in [3.05, 3.63) is 44.7 Å². The summed E-state index contributed by atoms with van der Waals surface area (Å²) in [7, 11) is -4.07. The van der Waals surface area contributed by atoms with Gasteiger partial charge in [-0.25, -0.2) is 8.42 Å². The molecule has 0 aliphatic carbocycles. The van der Waals surface area contributed by atoms with Gasteiger partial charge in [0, 0.05) is 6.42 Å². The number of ether oxygens (including phenoxy) is 1. The highest BCUT2D eigenvalue weighted by atomic mass is 79.9. The third-order valence-electron chi connectivity index (χ3n) is 3.65. The number of nitrogens with one attached hydrogen (secondary N) is 1. The quantitative estimate of drug-likeness (QED) is 0.134. The molecule has 0 amide bonds. The number of hydrogen-bond donors (Lipinski definition) is 4. The van der Waals surface area contributed by atoms with Crippen LogP contribution in [0.15, 0.2) is 44.2 Å². The van der Waals surface area contributed by atoms with Crippen molar-refractivity contribution in [1.29, 1.82) is 0 Å². The monoisotopic (exact) mass is 554 g/mol. The summed E-state index contributed by atoms with van der Waals surface area (Å²) in [5, 5.41) is 12.9. The van der Waals surface area contributed by atoms with Crippen LogP contribution in [-0.4, -0.2) is 44.7 Å². The number of aliphatic carboxylic acids is 1. The number of thiophene rings is 1. The molecule has 1 aromatic heterocycles. The maximum atomic E-state index is 12.6. The first kappa shape index (κ1) is 25.2. The largest absolute Gasteiger partial charge is 0.493 e. The number of oxime groups is 1. The Kier molecular flexibility index (Phi) is 9.37. The van der Waals surface area contributed by atoms with Gasteiger partial charge in [0.15, 0.2) is 4.21 Å². The smallest absolute Gasteiger partial charge is 0.322 e. The van der Waals surface area contributed by atoms with Crippen molar-refractivity contribution in [3.8, 4) is 5.75 Å². The van der Waals surface area contributed by atoms with Gasteiger partial charge in [0.25, 0.3) is 10.0 Å². The zero-order chi connectivity index (χ0) is 23.0. The molecule has 0 bridgehead atoms. The Bertz CT molecular complexity index is 1030. The number of nitrogens with zero attached hydrogens (tertiary/aromatic N) is 1. The van der Waals surface area contributed by atoms with Gasteiger partial charge in [0.1, 0.15) is 18.4 Å². The van der Waals surface area contributed by atoms with Gasteiger partial charge in [-0.2, -0.15) is 4.72 Å². The zero-order valence-electron chi connectivity index (χ0n) is 16.0. The molecule has 31 heavy (non-hydrogen) atoms. The first-order chi connectivity index (χ1) is 14.6. The number of carboxylic acids is 1. The minimum Gasteiger partial charge on any atom is -0.493 e. The van der Waals surface area contributed by atoms with Crippen molar-refractivity contribution in [1.82, 2.24) is 4.72 Å². The van der Waals surface area contributed by atoms with Crippen LogP contribution >= 0.6 is 38.9 Å². The fraction of sp³-hybridized carbons (Fsp3) is 0.294. The average Bonchev–Trinajstić information content (AvgIpc) is 3.04. The highest BCUT2D eigenvalue weighted by Crippen LogP contribution is 2.34. The van der Waals surface area contributed by atoms with Gasteiger partial charge < -0.3 is 26.1 Å². The first-order valence-corrected chi connectivity index (χ1v) is 12.2. The van der Waals surface area contributed by atoms with Crippen molar-refractivity contribution in [3.63, 3.8) is 0 Å². The molecule has 0 saturated carbocycles. The number of benzene rings is 1. The standard InChI is InChI=1S/C17H20BrClN4O6S2/c18-12-9-14(19)30-16(12)31(26,27)23-13(15(24)25)8-10-2-4-11(5-3-10)28-6-1-7-29-22-17(20)21/h2-5,9,13,23H,1,6-8H2,(H,24,25)(H4,20,21,22). The lowest BCUT2D eigenvalue weighted by Gasteiger charge is -2.15. The van der Waals surface area contributed by atoms with E-state index < -0.39 is 22.0 Å². The maximum absolute atomic E-state index is 12.6. The van der Waals surface area contributed by atoms with Crippen molar-refractivity contribution < 1.29 is 27.9 Å². The molecule has 0 fully saturated rings. The van der Waals surface area contributed by atoms with E-state index in [9.17, 15) is 18.3 Å².